The molecule has 190 valence electrons. The molecule has 2 aromatic rings. The predicted octanol–water partition coefficient (Wildman–Crippen LogP) is 3.13. The molecule has 2 amide bonds. The predicted molar refractivity (Wildman–Crippen MR) is 121 cm³/mol. The third-order valence-corrected chi connectivity index (χ3v) is 6.56. The van der Waals surface area contributed by atoms with E-state index in [1.807, 2.05) is 4.90 Å². The molecular weight excluding hydrogens is 466 g/mol. The van der Waals surface area contributed by atoms with Crippen LogP contribution in [0.25, 0.3) is 0 Å². The van der Waals surface area contributed by atoms with Gasteiger partial charge in [-0.2, -0.15) is 13.2 Å². The molecule has 0 radical (unpaired) electrons. The van der Waals surface area contributed by atoms with E-state index in [4.69, 9.17) is 5.73 Å². The number of halogens is 4. The van der Waals surface area contributed by atoms with Crippen molar-refractivity contribution in [1.82, 2.24) is 20.2 Å². The van der Waals surface area contributed by atoms with Crippen LogP contribution in [0.1, 0.15) is 52.5 Å². The van der Waals surface area contributed by atoms with Gasteiger partial charge in [0.1, 0.15) is 11.6 Å². The number of rotatable bonds is 10. The highest BCUT2D eigenvalue weighted by molar-refractivity contribution is 5.93. The lowest BCUT2D eigenvalue weighted by atomic mass is 9.84. The Balaban J connectivity index is 1.70. The van der Waals surface area contributed by atoms with E-state index in [1.165, 1.54) is 24.5 Å². The highest BCUT2D eigenvalue weighted by atomic mass is 19.4. The van der Waals surface area contributed by atoms with E-state index >= 15 is 0 Å². The first-order valence-electron chi connectivity index (χ1n) is 11.2. The minimum Gasteiger partial charge on any atom is -0.366 e. The molecule has 3 N–H and O–H groups in total. The number of amides is 2. The number of nitrogens with two attached hydrogens (primary N) is 1. The molecule has 0 bridgehead atoms. The van der Waals surface area contributed by atoms with Gasteiger partial charge in [-0.15, -0.1) is 0 Å². The average molecular weight is 496 g/mol. The zero-order chi connectivity index (χ0) is 26.0. The summed E-state index contributed by atoms with van der Waals surface area (Å²) >= 11 is 0. The number of carbonyl (C=O) groups is 2. The number of aryl methyl sites for hydroxylation is 1. The number of primary amides is 1. The molecule has 1 saturated carbocycles. The van der Waals surface area contributed by atoms with Gasteiger partial charge < -0.3 is 16.0 Å². The van der Waals surface area contributed by atoms with Crippen molar-refractivity contribution >= 4 is 11.8 Å². The number of hydrogen-bond acceptors (Lipinski definition) is 5. The molecule has 7 nitrogen and oxygen atoms in total. The second-order valence-corrected chi connectivity index (χ2v) is 9.33. The largest absolute Gasteiger partial charge is 0.395 e. The minimum absolute atomic E-state index is 0.00903. The summed E-state index contributed by atoms with van der Waals surface area (Å²) in [6.07, 6.45) is -1.78. The van der Waals surface area contributed by atoms with Crippen molar-refractivity contribution in [2.24, 2.45) is 11.1 Å². The Morgan fingerprint density at radius 2 is 1.83 bits per heavy atom. The zero-order valence-electron chi connectivity index (χ0n) is 19.8. The van der Waals surface area contributed by atoms with Crippen LogP contribution in [0.4, 0.5) is 17.6 Å². The summed E-state index contributed by atoms with van der Waals surface area (Å²) in [5.41, 5.74) is 4.21. The lowest BCUT2D eigenvalue weighted by molar-refractivity contribution is -0.195. The molecule has 0 aliphatic heterocycles. The Morgan fingerprint density at radius 1 is 1.20 bits per heavy atom. The molecule has 35 heavy (non-hydrogen) atoms. The quantitative estimate of drug-likeness (QED) is 0.494. The van der Waals surface area contributed by atoms with Crippen molar-refractivity contribution in [3.05, 3.63) is 58.9 Å². The van der Waals surface area contributed by atoms with Crippen molar-refractivity contribution < 1.29 is 27.2 Å². The molecule has 11 heteroatoms. The third kappa shape index (κ3) is 6.14. The third-order valence-electron chi connectivity index (χ3n) is 6.56. The average Bonchev–Trinajstić information content (AvgIpc) is 3.57. The molecule has 2 atom stereocenters. The summed E-state index contributed by atoms with van der Waals surface area (Å²) in [5, 5.41) is 2.72. The lowest BCUT2D eigenvalue weighted by Gasteiger charge is -2.29. The summed E-state index contributed by atoms with van der Waals surface area (Å²) in [7, 11) is 3.55. The molecule has 3 rings (SSSR count). The smallest absolute Gasteiger partial charge is 0.366 e. The molecular formula is C24H29F4N5O2. The summed E-state index contributed by atoms with van der Waals surface area (Å²) in [6.45, 7) is 1.86. The van der Waals surface area contributed by atoms with Crippen LogP contribution in [0.3, 0.4) is 0 Å². The fourth-order valence-electron chi connectivity index (χ4n) is 4.16. The van der Waals surface area contributed by atoms with Crippen LogP contribution in [0, 0.1) is 18.2 Å². The monoisotopic (exact) mass is 495 g/mol. The van der Waals surface area contributed by atoms with E-state index in [1.54, 1.807) is 27.1 Å². The second-order valence-electron chi connectivity index (χ2n) is 9.33. The molecule has 1 aliphatic carbocycles. The first kappa shape index (κ1) is 26.5. The van der Waals surface area contributed by atoms with E-state index in [0.717, 1.165) is 0 Å². The zero-order valence-corrected chi connectivity index (χ0v) is 19.8. The Kier molecular flexibility index (Phi) is 7.78. The highest BCUT2D eigenvalue weighted by Crippen LogP contribution is 2.65. The van der Waals surface area contributed by atoms with Crippen molar-refractivity contribution in [2.75, 3.05) is 20.6 Å². The number of likely N-dealkylation sites (N-methyl/N-ethyl adjacent to an activating group) is 1. The second kappa shape index (κ2) is 10.3. The number of benzene rings is 1. The molecule has 2 unspecified atom stereocenters. The van der Waals surface area contributed by atoms with E-state index in [-0.39, 0.29) is 36.8 Å². The SMILES string of the molecule is Cc1cnc(C(CC(=O)NCC(Cc2ccc(C(N)=O)c(F)c2)N(C)C)C2(C(F)(F)F)CC2)nc1. The molecule has 1 aromatic heterocycles. The van der Waals surface area contributed by atoms with E-state index in [2.05, 4.69) is 15.3 Å². The molecule has 1 heterocycles. The van der Waals surface area contributed by atoms with E-state index in [9.17, 15) is 27.2 Å². The first-order valence-corrected chi connectivity index (χ1v) is 11.2. The Labute approximate surface area is 201 Å². The highest BCUT2D eigenvalue weighted by Gasteiger charge is 2.68. The van der Waals surface area contributed by atoms with Crippen LogP contribution in [0.15, 0.2) is 30.6 Å². The van der Waals surface area contributed by atoms with Gasteiger partial charge in [-0.3, -0.25) is 9.59 Å². The topological polar surface area (TPSA) is 101 Å². The number of nitrogens with zero attached hydrogens (tertiary/aromatic N) is 3. The van der Waals surface area contributed by atoms with Crippen LogP contribution in [0.5, 0.6) is 0 Å². The van der Waals surface area contributed by atoms with Crippen LogP contribution in [0.2, 0.25) is 0 Å². The fraction of sp³-hybridized carbons (Fsp3) is 0.500. The summed E-state index contributed by atoms with van der Waals surface area (Å²) in [6, 6.07) is 3.82. The lowest BCUT2D eigenvalue weighted by Crippen LogP contribution is -2.43. The normalized spacial score (nSPS) is 16.6. The number of nitrogens with one attached hydrogen (secondary N) is 1. The number of aromatic nitrogens is 2. The van der Waals surface area contributed by atoms with Gasteiger partial charge in [-0.1, -0.05) is 6.07 Å². The molecule has 0 spiro atoms. The Bertz CT molecular complexity index is 1070. The standard InChI is InChI=1S/C24H29F4N5O2/c1-14-11-31-22(32-12-14)18(23(6-7-23)24(26,27)28)10-20(34)30-13-16(33(2)3)8-15-4-5-17(21(29)35)19(25)9-15/h4-5,9,11-12,16,18H,6-8,10,13H2,1-3H3,(H2,29,35)(H,30,34). The van der Waals surface area contributed by atoms with Gasteiger partial charge in [0.15, 0.2) is 0 Å². The van der Waals surface area contributed by atoms with Crippen LogP contribution >= 0.6 is 0 Å². The molecule has 1 aliphatic rings. The van der Waals surface area contributed by atoms with Crippen LogP contribution in [-0.2, 0) is 11.2 Å². The summed E-state index contributed by atoms with van der Waals surface area (Å²) < 4.78 is 55.8. The fourth-order valence-corrected chi connectivity index (χ4v) is 4.16. The van der Waals surface area contributed by atoms with Gasteiger partial charge in [0, 0.05) is 37.3 Å². The maximum Gasteiger partial charge on any atom is 0.395 e. The summed E-state index contributed by atoms with van der Waals surface area (Å²) in [5.74, 6) is -3.33. The maximum atomic E-state index is 14.1. The Hall–Kier alpha value is -3.08. The summed E-state index contributed by atoms with van der Waals surface area (Å²) in [4.78, 5) is 34.0. The maximum absolute atomic E-state index is 14.1. The van der Waals surface area contributed by atoms with Crippen LogP contribution < -0.4 is 11.1 Å². The van der Waals surface area contributed by atoms with Gasteiger partial charge in [-0.25, -0.2) is 14.4 Å². The number of alkyl halides is 3. The van der Waals surface area contributed by atoms with Crippen molar-refractivity contribution in [3.8, 4) is 0 Å². The van der Waals surface area contributed by atoms with Gasteiger partial charge in [-0.05, 0) is 63.5 Å². The number of carbonyl (C=O) groups excluding carboxylic acids is 2. The van der Waals surface area contributed by atoms with E-state index in [0.29, 0.717) is 17.5 Å². The van der Waals surface area contributed by atoms with Gasteiger partial charge in [0.05, 0.1) is 11.0 Å². The molecule has 0 saturated heterocycles. The van der Waals surface area contributed by atoms with Gasteiger partial charge >= 0.3 is 6.18 Å². The van der Waals surface area contributed by atoms with Gasteiger partial charge in [0.25, 0.3) is 5.91 Å². The molecule has 1 aromatic carbocycles. The van der Waals surface area contributed by atoms with Gasteiger partial charge in [0.2, 0.25) is 5.91 Å². The Morgan fingerprint density at radius 3 is 2.31 bits per heavy atom. The first-order chi connectivity index (χ1) is 16.3. The van der Waals surface area contributed by atoms with Crippen molar-refractivity contribution in [1.29, 1.82) is 0 Å². The van der Waals surface area contributed by atoms with Crippen LogP contribution in [-0.4, -0.2) is 59.5 Å². The van der Waals surface area contributed by atoms with E-state index < -0.39 is 41.6 Å². The van der Waals surface area contributed by atoms with Crippen molar-refractivity contribution in [3.63, 3.8) is 0 Å². The minimum atomic E-state index is -4.47. The van der Waals surface area contributed by atoms with Crippen molar-refractivity contribution in [2.45, 2.75) is 50.7 Å². The molecule has 1 fully saturated rings. The number of hydrogen-bond donors (Lipinski definition) is 2.